The summed E-state index contributed by atoms with van der Waals surface area (Å²) in [7, 11) is 3.06. The van der Waals surface area contributed by atoms with Crippen molar-refractivity contribution < 1.29 is 19.1 Å². The molecule has 1 aromatic carbocycles. The average Bonchev–Trinajstić information content (AvgIpc) is 3.02. The molecule has 0 radical (unpaired) electrons. The largest absolute Gasteiger partial charge is 0.497 e. The van der Waals surface area contributed by atoms with Crippen molar-refractivity contribution in [2.24, 2.45) is 17.3 Å². The van der Waals surface area contributed by atoms with Crippen LogP contribution in [-0.2, 0) is 9.53 Å². The van der Waals surface area contributed by atoms with Gasteiger partial charge in [0.05, 0.1) is 14.2 Å². The van der Waals surface area contributed by atoms with Crippen LogP contribution in [0.3, 0.4) is 0 Å². The molecular formula is C22H28N2O4. The minimum Gasteiger partial charge on any atom is -0.497 e. The van der Waals surface area contributed by atoms with Crippen molar-refractivity contribution in [1.29, 1.82) is 0 Å². The number of ether oxygens (including phenoxy) is 2. The van der Waals surface area contributed by atoms with Crippen molar-refractivity contribution >= 4 is 17.4 Å². The first-order valence-electron chi connectivity index (χ1n) is 10.3. The number of methoxy groups -OCH3 is 2. The Balaban J connectivity index is 1.69. The van der Waals surface area contributed by atoms with Crippen LogP contribution in [-0.4, -0.2) is 55.5 Å². The number of esters is 1. The van der Waals surface area contributed by atoms with Crippen LogP contribution in [0.25, 0.3) is 0 Å². The maximum atomic E-state index is 13.9. The van der Waals surface area contributed by atoms with Gasteiger partial charge in [0.2, 0.25) is 0 Å². The molecule has 6 atom stereocenters. The summed E-state index contributed by atoms with van der Waals surface area (Å²) < 4.78 is 10.8. The first kappa shape index (κ1) is 18.0. The molecule has 4 heterocycles. The van der Waals surface area contributed by atoms with Crippen molar-refractivity contribution in [2.45, 2.75) is 44.2 Å². The topological polar surface area (TPSA) is 67.9 Å². The zero-order chi connectivity index (χ0) is 19.7. The number of anilines is 1. The van der Waals surface area contributed by atoms with Crippen molar-refractivity contribution in [2.75, 3.05) is 32.6 Å². The van der Waals surface area contributed by atoms with Crippen LogP contribution in [0.2, 0.25) is 0 Å². The number of hydrogen-bond acceptors (Lipinski definition) is 6. The normalized spacial score (nSPS) is 40.2. The van der Waals surface area contributed by atoms with Gasteiger partial charge in [-0.05, 0) is 49.3 Å². The molecule has 6 heteroatoms. The molecule has 1 saturated carbocycles. The zero-order valence-corrected chi connectivity index (χ0v) is 16.8. The SMILES string of the molecule is CC[C@H]1C[C@H]2CN3CC[C@@]4(Nc5ccc(OC)cc5C4=O)[C@](C(=O)OC)(C2)[C@H]13. The number of benzene rings is 1. The van der Waals surface area contributed by atoms with Gasteiger partial charge in [0.25, 0.3) is 0 Å². The summed E-state index contributed by atoms with van der Waals surface area (Å²) in [5.74, 6) is 1.29. The Hall–Kier alpha value is -2.08. The summed E-state index contributed by atoms with van der Waals surface area (Å²) in [6.07, 6.45) is 3.50. The molecule has 28 heavy (non-hydrogen) atoms. The fourth-order valence-corrected chi connectivity index (χ4v) is 6.91. The van der Waals surface area contributed by atoms with Gasteiger partial charge < -0.3 is 14.8 Å². The summed E-state index contributed by atoms with van der Waals surface area (Å²) in [6, 6.07) is 5.61. The minimum atomic E-state index is -0.928. The summed E-state index contributed by atoms with van der Waals surface area (Å²) in [6.45, 7) is 4.06. The fraction of sp³-hybridized carbons (Fsp3) is 0.636. The van der Waals surface area contributed by atoms with Crippen molar-refractivity contribution in [3.05, 3.63) is 23.8 Å². The molecule has 1 N–H and O–H groups in total. The predicted molar refractivity (Wildman–Crippen MR) is 105 cm³/mol. The molecule has 4 fully saturated rings. The number of fused-ring (bicyclic) bond motifs is 2. The molecule has 0 amide bonds. The quantitative estimate of drug-likeness (QED) is 0.809. The highest BCUT2D eigenvalue weighted by atomic mass is 16.5. The molecule has 0 aromatic heterocycles. The van der Waals surface area contributed by atoms with Crippen LogP contribution in [0, 0.1) is 17.3 Å². The predicted octanol–water partition coefficient (Wildman–Crippen LogP) is 2.73. The second-order valence-electron chi connectivity index (χ2n) is 8.90. The van der Waals surface area contributed by atoms with Gasteiger partial charge in [-0.3, -0.25) is 14.5 Å². The van der Waals surface area contributed by atoms with E-state index in [2.05, 4.69) is 17.1 Å². The van der Waals surface area contributed by atoms with Gasteiger partial charge >= 0.3 is 5.97 Å². The molecule has 4 bridgehead atoms. The van der Waals surface area contributed by atoms with Gasteiger partial charge in [0.1, 0.15) is 16.7 Å². The average molecular weight is 384 g/mol. The van der Waals surface area contributed by atoms with Gasteiger partial charge in [-0.1, -0.05) is 13.3 Å². The highest BCUT2D eigenvalue weighted by Crippen LogP contribution is 2.62. The lowest BCUT2D eigenvalue weighted by atomic mass is 9.47. The maximum absolute atomic E-state index is 13.9. The van der Waals surface area contributed by atoms with E-state index in [-0.39, 0.29) is 17.8 Å². The van der Waals surface area contributed by atoms with E-state index >= 15 is 0 Å². The Labute approximate surface area is 165 Å². The van der Waals surface area contributed by atoms with Crippen molar-refractivity contribution in [1.82, 2.24) is 4.90 Å². The third-order valence-corrected chi connectivity index (χ3v) is 7.90. The molecule has 5 aliphatic rings. The molecule has 1 aromatic rings. The van der Waals surface area contributed by atoms with E-state index in [0.29, 0.717) is 29.6 Å². The fourth-order valence-electron chi connectivity index (χ4n) is 6.91. The van der Waals surface area contributed by atoms with Gasteiger partial charge in [-0.2, -0.15) is 0 Å². The number of hydrogen-bond donors (Lipinski definition) is 1. The second kappa shape index (κ2) is 5.96. The smallest absolute Gasteiger partial charge is 0.316 e. The van der Waals surface area contributed by atoms with Crippen LogP contribution < -0.4 is 10.1 Å². The van der Waals surface area contributed by atoms with Gasteiger partial charge in [0.15, 0.2) is 5.78 Å². The summed E-state index contributed by atoms with van der Waals surface area (Å²) in [4.78, 5) is 29.8. The van der Waals surface area contributed by atoms with E-state index < -0.39 is 11.0 Å². The van der Waals surface area contributed by atoms with E-state index in [1.807, 2.05) is 12.1 Å². The first-order chi connectivity index (χ1) is 13.5. The van der Waals surface area contributed by atoms with Crippen LogP contribution in [0.1, 0.15) is 43.0 Å². The van der Waals surface area contributed by atoms with Crippen LogP contribution >= 0.6 is 0 Å². The number of rotatable bonds is 3. The molecule has 6 rings (SSSR count). The zero-order valence-electron chi connectivity index (χ0n) is 16.8. The Kier molecular flexibility index (Phi) is 3.83. The number of carbonyl (C=O) groups is 2. The molecule has 4 aliphatic heterocycles. The number of carbonyl (C=O) groups excluding carboxylic acids is 2. The van der Waals surface area contributed by atoms with E-state index in [1.54, 1.807) is 13.2 Å². The van der Waals surface area contributed by atoms with Crippen LogP contribution in [0.4, 0.5) is 5.69 Å². The highest BCUT2D eigenvalue weighted by Gasteiger charge is 2.74. The van der Waals surface area contributed by atoms with E-state index in [0.717, 1.165) is 38.0 Å². The lowest BCUT2D eigenvalue weighted by Gasteiger charge is -2.66. The molecule has 1 spiro atoms. The lowest BCUT2D eigenvalue weighted by molar-refractivity contribution is -0.193. The third-order valence-electron chi connectivity index (χ3n) is 7.90. The van der Waals surface area contributed by atoms with Crippen molar-refractivity contribution in [3.8, 4) is 5.75 Å². The molecule has 1 aliphatic carbocycles. The van der Waals surface area contributed by atoms with E-state index in [4.69, 9.17) is 9.47 Å². The third kappa shape index (κ3) is 1.97. The van der Waals surface area contributed by atoms with Gasteiger partial charge in [-0.25, -0.2) is 0 Å². The Morgan fingerprint density at radius 2 is 2.18 bits per heavy atom. The molecular weight excluding hydrogens is 356 g/mol. The molecule has 6 nitrogen and oxygen atoms in total. The summed E-state index contributed by atoms with van der Waals surface area (Å²) >= 11 is 0. The number of Topliss-reactive ketones (excluding diaryl/α,β-unsaturated/α-hetero) is 1. The number of ketones is 1. The number of piperidine rings is 3. The van der Waals surface area contributed by atoms with E-state index in [1.165, 1.54) is 7.11 Å². The van der Waals surface area contributed by atoms with E-state index in [9.17, 15) is 9.59 Å². The number of nitrogens with zero attached hydrogens (tertiary/aromatic N) is 1. The lowest BCUT2D eigenvalue weighted by Crippen LogP contribution is -2.79. The summed E-state index contributed by atoms with van der Waals surface area (Å²) in [5, 5.41) is 3.56. The minimum absolute atomic E-state index is 0.0221. The van der Waals surface area contributed by atoms with Gasteiger partial charge in [0, 0.05) is 30.4 Å². The monoisotopic (exact) mass is 384 g/mol. The molecule has 1 unspecified atom stereocenters. The number of nitrogens with one attached hydrogen (secondary N) is 1. The Bertz CT molecular complexity index is 847. The molecule has 150 valence electrons. The Morgan fingerprint density at radius 1 is 1.36 bits per heavy atom. The maximum Gasteiger partial charge on any atom is 0.316 e. The molecule has 3 saturated heterocycles. The first-order valence-corrected chi connectivity index (χ1v) is 10.3. The summed E-state index contributed by atoms with van der Waals surface area (Å²) in [5.41, 5.74) is -0.337. The van der Waals surface area contributed by atoms with Crippen LogP contribution in [0.15, 0.2) is 18.2 Å². The standard InChI is InChI=1S/C22H28N2O4/c1-4-14-9-13-11-21(20(26)28-3)18(14)24(12-13)8-7-22(21)19(25)16-10-15(27-2)5-6-17(16)23-22/h5-6,10,13-14,18,23H,4,7-9,11-12H2,1-3H3/t13-,14+,18+,21-,22+/m1/s1. The van der Waals surface area contributed by atoms with Gasteiger partial charge in [-0.15, -0.1) is 0 Å². The van der Waals surface area contributed by atoms with Crippen molar-refractivity contribution in [3.63, 3.8) is 0 Å². The Morgan fingerprint density at radius 3 is 2.89 bits per heavy atom. The van der Waals surface area contributed by atoms with Crippen LogP contribution in [0.5, 0.6) is 5.75 Å². The second-order valence-corrected chi connectivity index (χ2v) is 8.90. The highest BCUT2D eigenvalue weighted by molar-refractivity contribution is 6.16.